The lowest BCUT2D eigenvalue weighted by atomic mass is 10.1. The highest BCUT2D eigenvalue weighted by Gasteiger charge is 2.23. The van der Waals surface area contributed by atoms with E-state index in [2.05, 4.69) is 55.1 Å². The van der Waals surface area contributed by atoms with E-state index in [-0.39, 0.29) is 0 Å². The van der Waals surface area contributed by atoms with Crippen LogP contribution in [0.3, 0.4) is 0 Å². The van der Waals surface area contributed by atoms with E-state index in [1.807, 2.05) is 6.20 Å². The van der Waals surface area contributed by atoms with Gasteiger partial charge in [0, 0.05) is 31.4 Å². The number of aromatic nitrogens is 1. The summed E-state index contributed by atoms with van der Waals surface area (Å²) in [6.45, 7) is 11.0. The molecule has 1 fully saturated rings. The van der Waals surface area contributed by atoms with Crippen LogP contribution in [0.25, 0.3) is 0 Å². The highest BCUT2D eigenvalue weighted by atomic mass is 15.3. The van der Waals surface area contributed by atoms with Gasteiger partial charge in [-0.25, -0.2) is 4.98 Å². The summed E-state index contributed by atoms with van der Waals surface area (Å²) in [4.78, 5) is 9.67. The number of hydrogen-bond acceptors (Lipinski definition) is 4. The number of nitrogens with one attached hydrogen (secondary N) is 1. The van der Waals surface area contributed by atoms with Crippen molar-refractivity contribution in [2.45, 2.75) is 45.7 Å². The quantitative estimate of drug-likeness (QED) is 0.903. The van der Waals surface area contributed by atoms with Crippen molar-refractivity contribution in [3.05, 3.63) is 23.9 Å². The van der Waals surface area contributed by atoms with Crippen LogP contribution in [0.4, 0.5) is 5.82 Å². The molecule has 0 saturated carbocycles. The molecular weight excluding hydrogens is 260 g/mol. The molecule has 0 amide bonds. The molecule has 1 aromatic rings. The first-order valence-electron chi connectivity index (χ1n) is 8.30. The molecule has 4 heteroatoms. The molecule has 1 aliphatic rings. The van der Waals surface area contributed by atoms with Gasteiger partial charge in [-0.3, -0.25) is 0 Å². The second kappa shape index (κ2) is 7.76. The van der Waals surface area contributed by atoms with Crippen molar-refractivity contribution in [3.63, 3.8) is 0 Å². The number of likely N-dealkylation sites (N-methyl/N-ethyl adjacent to an activating group) is 1. The lowest BCUT2D eigenvalue weighted by Crippen LogP contribution is -2.40. The molecule has 1 aliphatic heterocycles. The molecule has 2 rings (SSSR count). The second-order valence-electron chi connectivity index (χ2n) is 6.10. The first-order valence-corrected chi connectivity index (χ1v) is 8.30. The van der Waals surface area contributed by atoms with Crippen LogP contribution in [0.2, 0.25) is 0 Å². The van der Waals surface area contributed by atoms with E-state index in [1.54, 1.807) is 0 Å². The fraction of sp³-hybridized carbons (Fsp3) is 0.706. The van der Waals surface area contributed by atoms with Crippen LogP contribution in [0.5, 0.6) is 0 Å². The maximum absolute atomic E-state index is 4.74. The largest absolute Gasteiger partial charge is 0.352 e. The molecule has 4 nitrogen and oxygen atoms in total. The molecule has 0 aliphatic carbocycles. The molecule has 2 atom stereocenters. The summed E-state index contributed by atoms with van der Waals surface area (Å²) in [5, 5.41) is 3.44. The Hall–Kier alpha value is -1.13. The number of rotatable bonds is 5. The highest BCUT2D eigenvalue weighted by Crippen LogP contribution is 2.21. The molecule has 0 spiro atoms. The fourth-order valence-corrected chi connectivity index (χ4v) is 3.14. The lowest BCUT2D eigenvalue weighted by Gasteiger charge is -2.31. The molecule has 118 valence electrons. The summed E-state index contributed by atoms with van der Waals surface area (Å²) in [6.07, 6.45) is 4.41. The Morgan fingerprint density at radius 2 is 2.14 bits per heavy atom. The first-order chi connectivity index (χ1) is 10.2. The van der Waals surface area contributed by atoms with E-state index < -0.39 is 0 Å². The maximum atomic E-state index is 4.74. The average molecular weight is 290 g/mol. The normalized spacial score (nSPS) is 22.1. The van der Waals surface area contributed by atoms with Crippen molar-refractivity contribution in [1.29, 1.82) is 0 Å². The number of nitrogens with zero attached hydrogens (tertiary/aromatic N) is 3. The Kier molecular flexibility index (Phi) is 6.00. The third kappa shape index (κ3) is 4.17. The minimum atomic E-state index is 0.369. The summed E-state index contributed by atoms with van der Waals surface area (Å²) in [5.41, 5.74) is 1.26. The zero-order valence-corrected chi connectivity index (χ0v) is 14.0. The Morgan fingerprint density at radius 1 is 1.33 bits per heavy atom. The van der Waals surface area contributed by atoms with Crippen LogP contribution in [0, 0.1) is 0 Å². The van der Waals surface area contributed by atoms with E-state index in [0.29, 0.717) is 12.1 Å². The zero-order valence-electron chi connectivity index (χ0n) is 14.0. The van der Waals surface area contributed by atoms with Crippen LogP contribution in [0.15, 0.2) is 18.3 Å². The smallest absolute Gasteiger partial charge is 0.128 e. The summed E-state index contributed by atoms with van der Waals surface area (Å²) < 4.78 is 0. The van der Waals surface area contributed by atoms with Gasteiger partial charge in [0.25, 0.3) is 0 Å². The van der Waals surface area contributed by atoms with Crippen molar-refractivity contribution in [2.75, 3.05) is 38.1 Å². The number of pyridine rings is 1. The molecule has 1 saturated heterocycles. The number of hydrogen-bond donors (Lipinski definition) is 1. The minimum Gasteiger partial charge on any atom is -0.352 e. The topological polar surface area (TPSA) is 31.4 Å². The third-order valence-corrected chi connectivity index (χ3v) is 4.45. The van der Waals surface area contributed by atoms with Crippen LogP contribution in [-0.2, 0) is 0 Å². The van der Waals surface area contributed by atoms with E-state index in [4.69, 9.17) is 4.98 Å². The van der Waals surface area contributed by atoms with Crippen LogP contribution in [0.1, 0.15) is 45.2 Å². The minimum absolute atomic E-state index is 0.369. The predicted molar refractivity (Wildman–Crippen MR) is 89.9 cm³/mol. The van der Waals surface area contributed by atoms with E-state index in [9.17, 15) is 0 Å². The maximum Gasteiger partial charge on any atom is 0.128 e. The van der Waals surface area contributed by atoms with Gasteiger partial charge in [-0.15, -0.1) is 0 Å². The van der Waals surface area contributed by atoms with E-state index >= 15 is 0 Å². The summed E-state index contributed by atoms with van der Waals surface area (Å²) in [5.74, 6) is 1.13. The van der Waals surface area contributed by atoms with Crippen molar-refractivity contribution in [2.24, 2.45) is 0 Å². The highest BCUT2D eigenvalue weighted by molar-refractivity contribution is 5.41. The molecule has 1 N–H and O–H groups in total. The van der Waals surface area contributed by atoms with Gasteiger partial charge in [-0.2, -0.15) is 0 Å². The monoisotopic (exact) mass is 290 g/mol. The molecule has 2 heterocycles. The van der Waals surface area contributed by atoms with Gasteiger partial charge in [-0.1, -0.05) is 19.9 Å². The fourth-order valence-electron chi connectivity index (χ4n) is 3.14. The van der Waals surface area contributed by atoms with Crippen molar-refractivity contribution >= 4 is 5.82 Å². The zero-order chi connectivity index (χ0) is 15.2. The molecule has 1 aromatic heterocycles. The molecule has 2 unspecified atom stereocenters. The summed E-state index contributed by atoms with van der Waals surface area (Å²) in [6, 6.07) is 5.35. The molecule has 21 heavy (non-hydrogen) atoms. The molecule has 0 radical (unpaired) electrons. The van der Waals surface area contributed by atoms with E-state index in [1.165, 1.54) is 24.9 Å². The standard InChI is InChI=1S/C17H30N4/c1-5-16-13-20(4)10-7-11-21(16)17-9-8-15(12-19-17)14(3)18-6-2/h8-9,12,14,16,18H,5-7,10-11,13H2,1-4H3. The summed E-state index contributed by atoms with van der Waals surface area (Å²) >= 11 is 0. The second-order valence-corrected chi connectivity index (χ2v) is 6.10. The first kappa shape index (κ1) is 16.2. The van der Waals surface area contributed by atoms with Crippen molar-refractivity contribution in [1.82, 2.24) is 15.2 Å². The van der Waals surface area contributed by atoms with Gasteiger partial charge >= 0.3 is 0 Å². The van der Waals surface area contributed by atoms with Crippen LogP contribution in [-0.4, -0.2) is 49.2 Å². The van der Waals surface area contributed by atoms with Gasteiger partial charge in [0.1, 0.15) is 5.82 Å². The van der Waals surface area contributed by atoms with E-state index in [0.717, 1.165) is 25.5 Å². The predicted octanol–water partition coefficient (Wildman–Crippen LogP) is 2.67. The van der Waals surface area contributed by atoms with Gasteiger partial charge in [0.05, 0.1) is 0 Å². The van der Waals surface area contributed by atoms with Gasteiger partial charge in [0.2, 0.25) is 0 Å². The summed E-state index contributed by atoms with van der Waals surface area (Å²) in [7, 11) is 2.22. The lowest BCUT2D eigenvalue weighted by molar-refractivity contribution is 0.327. The Bertz CT molecular complexity index is 417. The van der Waals surface area contributed by atoms with Crippen LogP contribution >= 0.6 is 0 Å². The molecule has 0 bridgehead atoms. The van der Waals surface area contributed by atoms with Crippen molar-refractivity contribution < 1.29 is 0 Å². The van der Waals surface area contributed by atoms with Gasteiger partial charge in [0.15, 0.2) is 0 Å². The SMILES string of the molecule is CCNC(C)c1ccc(N2CCCN(C)CC2CC)nc1. The van der Waals surface area contributed by atoms with Gasteiger partial charge < -0.3 is 15.1 Å². The van der Waals surface area contributed by atoms with Gasteiger partial charge in [-0.05, 0) is 51.5 Å². The Morgan fingerprint density at radius 3 is 2.76 bits per heavy atom. The van der Waals surface area contributed by atoms with Crippen LogP contribution < -0.4 is 10.2 Å². The number of anilines is 1. The Labute approximate surface area is 129 Å². The Balaban J connectivity index is 2.12. The molecule has 0 aromatic carbocycles. The van der Waals surface area contributed by atoms with Crippen molar-refractivity contribution in [3.8, 4) is 0 Å². The third-order valence-electron chi connectivity index (χ3n) is 4.45. The average Bonchev–Trinajstić information content (AvgIpc) is 2.69. The molecular formula is C17H30N4.